The number of carbonyl (C=O) groups is 3. The van der Waals surface area contributed by atoms with Gasteiger partial charge in [0, 0.05) is 50.6 Å². The zero-order valence-electron chi connectivity index (χ0n) is 20.1. The molecule has 8 nitrogen and oxygen atoms in total. The second-order valence-electron chi connectivity index (χ2n) is 9.51. The van der Waals surface area contributed by atoms with Crippen LogP contribution in [0.2, 0.25) is 0 Å². The Balaban J connectivity index is 1.20. The highest BCUT2D eigenvalue weighted by Crippen LogP contribution is 2.40. The molecule has 0 aliphatic carbocycles. The van der Waals surface area contributed by atoms with Crippen LogP contribution >= 0.6 is 0 Å². The predicted molar refractivity (Wildman–Crippen MR) is 132 cm³/mol. The number of nitrogens with zero attached hydrogens (tertiary/aromatic N) is 1. The Morgan fingerprint density at radius 2 is 1.89 bits per heavy atom. The number of fused-ring (bicyclic) bond motifs is 1. The quantitative estimate of drug-likeness (QED) is 0.505. The van der Waals surface area contributed by atoms with Crippen LogP contribution < -0.4 is 10.2 Å². The number of ether oxygens (including phenoxy) is 2. The molecule has 1 atom stereocenters. The van der Waals surface area contributed by atoms with E-state index in [1.54, 1.807) is 24.3 Å². The molecule has 188 valence electrons. The second-order valence-corrected chi connectivity index (χ2v) is 9.51. The van der Waals surface area contributed by atoms with E-state index in [9.17, 15) is 14.4 Å². The molecule has 3 aliphatic heterocycles. The van der Waals surface area contributed by atoms with Crippen LogP contribution in [0.5, 0.6) is 5.75 Å². The summed E-state index contributed by atoms with van der Waals surface area (Å²) in [7, 11) is 0. The maximum absolute atomic E-state index is 12.9. The van der Waals surface area contributed by atoms with Gasteiger partial charge in [-0.05, 0) is 48.7 Å². The molecular formula is C28H30N2O6. The third kappa shape index (κ3) is 5.50. The van der Waals surface area contributed by atoms with E-state index in [2.05, 4.69) is 5.48 Å². The number of hydroxylamine groups is 1. The molecule has 0 aromatic heterocycles. The Morgan fingerprint density at radius 3 is 2.64 bits per heavy atom. The fraction of sp³-hybridized carbons (Fsp3) is 0.393. The fourth-order valence-corrected chi connectivity index (χ4v) is 4.91. The molecule has 8 heteroatoms. The molecule has 36 heavy (non-hydrogen) atoms. The van der Waals surface area contributed by atoms with Crippen LogP contribution in [-0.2, 0) is 14.4 Å². The van der Waals surface area contributed by atoms with Crippen LogP contribution in [0.1, 0.15) is 64.8 Å². The molecule has 2 amide bonds. The van der Waals surface area contributed by atoms with Crippen molar-refractivity contribution in [1.29, 1.82) is 0 Å². The Kier molecular flexibility index (Phi) is 7.16. The summed E-state index contributed by atoms with van der Waals surface area (Å²) in [5.74, 6) is 0.153. The van der Waals surface area contributed by atoms with Crippen molar-refractivity contribution in [2.45, 2.75) is 50.4 Å². The van der Waals surface area contributed by atoms with Gasteiger partial charge >= 0.3 is 0 Å². The Hall–Kier alpha value is -3.49. The van der Waals surface area contributed by atoms with Gasteiger partial charge < -0.3 is 14.4 Å². The highest BCUT2D eigenvalue weighted by atomic mass is 16.8. The monoisotopic (exact) mass is 490 g/mol. The summed E-state index contributed by atoms with van der Waals surface area (Å²) in [6.45, 7) is 1.69. The standard InChI is InChI=1S/C28H30N2O6/c31-23-19-28(13-15-30(16-14-28)27(33)21-6-2-1-3-7-21)35-24-18-20(9-11-22(23)24)10-12-25(32)29-36-26-8-4-5-17-34-26/h1-3,6-7,9-12,18,26H,4-5,8,13-17,19H2,(H,29,32). The van der Waals surface area contributed by atoms with Gasteiger partial charge in [0.25, 0.3) is 11.8 Å². The number of hydrogen-bond acceptors (Lipinski definition) is 6. The third-order valence-corrected chi connectivity index (χ3v) is 6.95. The van der Waals surface area contributed by atoms with Crippen molar-refractivity contribution in [3.63, 3.8) is 0 Å². The Labute approximate surface area is 210 Å². The van der Waals surface area contributed by atoms with E-state index in [1.807, 2.05) is 35.2 Å². The van der Waals surface area contributed by atoms with Crippen molar-refractivity contribution in [1.82, 2.24) is 10.4 Å². The lowest BCUT2D eigenvalue weighted by molar-refractivity contribution is -0.198. The third-order valence-electron chi connectivity index (χ3n) is 6.95. The van der Waals surface area contributed by atoms with E-state index in [1.165, 1.54) is 6.08 Å². The molecule has 2 fully saturated rings. The molecular weight excluding hydrogens is 460 g/mol. The van der Waals surface area contributed by atoms with Crippen molar-refractivity contribution in [3.05, 3.63) is 71.3 Å². The van der Waals surface area contributed by atoms with E-state index in [0.29, 0.717) is 55.8 Å². The molecule has 1 spiro atoms. The normalized spacial score (nSPS) is 21.2. The van der Waals surface area contributed by atoms with E-state index in [0.717, 1.165) is 24.8 Å². The lowest BCUT2D eigenvalue weighted by Crippen LogP contribution is -2.52. The number of rotatable bonds is 5. The van der Waals surface area contributed by atoms with Gasteiger partial charge in [-0.25, -0.2) is 10.3 Å². The first-order valence-electron chi connectivity index (χ1n) is 12.5. The largest absolute Gasteiger partial charge is 0.486 e. The molecule has 2 saturated heterocycles. The summed E-state index contributed by atoms with van der Waals surface area (Å²) in [6, 6.07) is 14.5. The van der Waals surface area contributed by atoms with Gasteiger partial charge in [0.1, 0.15) is 11.4 Å². The minimum atomic E-state index is -0.620. The number of nitrogens with one attached hydrogen (secondary N) is 1. The molecule has 2 aromatic carbocycles. The maximum atomic E-state index is 12.9. The van der Waals surface area contributed by atoms with Crippen LogP contribution in [0, 0.1) is 0 Å². The number of likely N-dealkylation sites (tertiary alicyclic amines) is 1. The number of Topliss-reactive ketones (excluding diaryl/α,β-unsaturated/α-hetero) is 1. The average Bonchev–Trinajstić information content (AvgIpc) is 2.91. The molecule has 3 heterocycles. The number of ketones is 1. The minimum Gasteiger partial charge on any atom is -0.486 e. The van der Waals surface area contributed by atoms with Crippen LogP contribution in [-0.4, -0.2) is 54.1 Å². The summed E-state index contributed by atoms with van der Waals surface area (Å²) >= 11 is 0. The van der Waals surface area contributed by atoms with E-state index in [4.69, 9.17) is 14.3 Å². The Bertz CT molecular complexity index is 1150. The van der Waals surface area contributed by atoms with Gasteiger partial charge in [-0.15, -0.1) is 0 Å². The van der Waals surface area contributed by atoms with Crippen molar-refractivity contribution >= 4 is 23.7 Å². The molecule has 0 saturated carbocycles. The topological polar surface area (TPSA) is 94.2 Å². The number of carbonyl (C=O) groups excluding carboxylic acids is 3. The van der Waals surface area contributed by atoms with Crippen molar-refractivity contribution in [2.24, 2.45) is 0 Å². The van der Waals surface area contributed by atoms with Crippen molar-refractivity contribution < 1.29 is 28.7 Å². The molecule has 3 aliphatic rings. The van der Waals surface area contributed by atoms with Crippen LogP contribution in [0.25, 0.3) is 6.08 Å². The van der Waals surface area contributed by atoms with Crippen molar-refractivity contribution in [3.8, 4) is 5.75 Å². The summed E-state index contributed by atoms with van der Waals surface area (Å²) in [6.07, 6.45) is 6.83. The van der Waals surface area contributed by atoms with Gasteiger partial charge in [-0.2, -0.15) is 0 Å². The van der Waals surface area contributed by atoms with E-state index < -0.39 is 17.8 Å². The van der Waals surface area contributed by atoms with Gasteiger partial charge in [-0.3, -0.25) is 14.4 Å². The highest BCUT2D eigenvalue weighted by Gasteiger charge is 2.43. The Morgan fingerprint density at radius 1 is 1.08 bits per heavy atom. The van der Waals surface area contributed by atoms with E-state index >= 15 is 0 Å². The lowest BCUT2D eigenvalue weighted by atomic mass is 9.82. The first-order valence-corrected chi connectivity index (χ1v) is 12.5. The predicted octanol–water partition coefficient (Wildman–Crippen LogP) is 3.91. The molecule has 5 rings (SSSR count). The molecule has 0 bridgehead atoms. The minimum absolute atomic E-state index is 0.00212. The molecule has 0 radical (unpaired) electrons. The number of amides is 2. The summed E-state index contributed by atoms with van der Waals surface area (Å²) in [4.78, 5) is 45.0. The van der Waals surface area contributed by atoms with Gasteiger partial charge in [0.15, 0.2) is 12.1 Å². The summed E-state index contributed by atoms with van der Waals surface area (Å²) < 4.78 is 11.8. The first-order chi connectivity index (χ1) is 17.5. The smallest absolute Gasteiger partial charge is 0.267 e. The number of benzene rings is 2. The summed E-state index contributed by atoms with van der Waals surface area (Å²) in [5, 5.41) is 0. The first kappa shape index (κ1) is 24.2. The summed E-state index contributed by atoms with van der Waals surface area (Å²) in [5.41, 5.74) is 3.72. The maximum Gasteiger partial charge on any atom is 0.267 e. The lowest BCUT2D eigenvalue weighted by Gasteiger charge is -2.44. The number of piperidine rings is 1. The average molecular weight is 491 g/mol. The number of hydrogen-bond donors (Lipinski definition) is 1. The second kappa shape index (κ2) is 10.6. The molecule has 1 N–H and O–H groups in total. The van der Waals surface area contributed by atoms with Gasteiger partial charge in [0.2, 0.25) is 0 Å². The van der Waals surface area contributed by atoms with Crippen LogP contribution in [0.3, 0.4) is 0 Å². The zero-order chi connectivity index (χ0) is 25.0. The van der Waals surface area contributed by atoms with Crippen LogP contribution in [0.15, 0.2) is 54.6 Å². The van der Waals surface area contributed by atoms with Crippen LogP contribution in [0.4, 0.5) is 0 Å². The van der Waals surface area contributed by atoms with Crippen molar-refractivity contribution in [2.75, 3.05) is 19.7 Å². The highest BCUT2D eigenvalue weighted by molar-refractivity contribution is 6.01. The molecule has 1 unspecified atom stereocenters. The van der Waals surface area contributed by atoms with E-state index in [-0.39, 0.29) is 11.7 Å². The molecule has 2 aromatic rings. The SMILES string of the molecule is O=C(C=Cc1ccc2c(c1)OC1(CCN(C(=O)c3ccccc3)CC1)CC2=O)NOC1CCCCO1. The van der Waals surface area contributed by atoms with Gasteiger partial charge in [0.05, 0.1) is 12.0 Å². The zero-order valence-corrected chi connectivity index (χ0v) is 20.1. The van der Waals surface area contributed by atoms with Gasteiger partial charge in [-0.1, -0.05) is 24.3 Å². The fourth-order valence-electron chi connectivity index (χ4n) is 4.91.